The highest BCUT2D eigenvalue weighted by atomic mass is 15.0. The van der Waals surface area contributed by atoms with Crippen LogP contribution in [0, 0.1) is 13.8 Å². The average molecular weight is 438 g/mol. The Kier molecular flexibility index (Phi) is 6.42. The van der Waals surface area contributed by atoms with Gasteiger partial charge in [-0.1, -0.05) is 81.3 Å². The summed E-state index contributed by atoms with van der Waals surface area (Å²) in [5, 5.41) is 8.66. The second kappa shape index (κ2) is 9.27. The van der Waals surface area contributed by atoms with Crippen molar-refractivity contribution >= 4 is 38.3 Å². The van der Waals surface area contributed by atoms with Gasteiger partial charge < -0.3 is 10.3 Å². The molecule has 0 saturated heterocycles. The molecule has 3 heteroatoms. The number of H-pyrrole nitrogens is 1. The molecule has 1 aliphatic rings. The number of aromatic amines is 1. The fourth-order valence-electron chi connectivity index (χ4n) is 5.00. The molecule has 0 amide bonds. The number of nitrogens with one attached hydrogen (secondary N) is 2. The summed E-state index contributed by atoms with van der Waals surface area (Å²) in [5.74, 6) is 1.26. The van der Waals surface area contributed by atoms with E-state index in [2.05, 4.69) is 91.7 Å². The molecule has 1 aliphatic heterocycles. The fourth-order valence-corrected chi connectivity index (χ4v) is 5.00. The van der Waals surface area contributed by atoms with Gasteiger partial charge in [0.15, 0.2) is 0 Å². The minimum absolute atomic E-state index is 0.221. The molecule has 2 unspecified atom stereocenters. The number of aromatic nitrogens is 2. The molecule has 0 fully saturated rings. The lowest BCUT2D eigenvalue weighted by Gasteiger charge is -2.13. The van der Waals surface area contributed by atoms with Crippen LogP contribution in [0.4, 0.5) is 5.69 Å². The van der Waals surface area contributed by atoms with E-state index in [1.54, 1.807) is 0 Å². The Morgan fingerprint density at radius 2 is 1.33 bits per heavy atom. The topological polar surface area (TPSA) is 40.7 Å². The molecule has 0 bridgehead atoms. The molecule has 33 heavy (non-hydrogen) atoms. The highest BCUT2D eigenvalue weighted by Crippen LogP contribution is 2.41. The van der Waals surface area contributed by atoms with Gasteiger partial charge in [-0.2, -0.15) is 0 Å². The second-order valence-electron chi connectivity index (χ2n) is 8.44. The maximum absolute atomic E-state index is 5.20. The van der Waals surface area contributed by atoms with Crippen molar-refractivity contribution in [2.45, 2.75) is 60.4 Å². The number of para-hydroxylation sites is 1. The predicted molar refractivity (Wildman–Crippen MR) is 145 cm³/mol. The van der Waals surface area contributed by atoms with Crippen molar-refractivity contribution in [3.63, 3.8) is 0 Å². The maximum atomic E-state index is 5.20. The van der Waals surface area contributed by atoms with Crippen LogP contribution in [0.2, 0.25) is 0 Å². The molecule has 3 nitrogen and oxygen atoms in total. The van der Waals surface area contributed by atoms with Gasteiger partial charge in [0.1, 0.15) is 5.82 Å². The molecule has 2 atom stereocenters. The van der Waals surface area contributed by atoms with Crippen LogP contribution in [-0.2, 0) is 0 Å². The minimum atomic E-state index is 0.221. The van der Waals surface area contributed by atoms with E-state index in [0.717, 1.165) is 16.9 Å². The van der Waals surface area contributed by atoms with Gasteiger partial charge in [-0.05, 0) is 55.3 Å². The molecule has 2 N–H and O–H groups in total. The van der Waals surface area contributed by atoms with Crippen molar-refractivity contribution in [3.05, 3.63) is 83.2 Å². The van der Waals surface area contributed by atoms with E-state index in [0.29, 0.717) is 6.04 Å². The van der Waals surface area contributed by atoms with Gasteiger partial charge in [-0.25, -0.2) is 4.98 Å². The fraction of sp³-hybridized carbons (Fsp3) is 0.300. The van der Waals surface area contributed by atoms with Gasteiger partial charge in [-0.15, -0.1) is 0 Å². The Balaban J connectivity index is 0.000000617. The largest absolute Gasteiger partial charge is 0.381 e. The van der Waals surface area contributed by atoms with Gasteiger partial charge in [0.2, 0.25) is 0 Å². The molecular formula is C30H35N3. The average Bonchev–Trinajstić information content (AvgIpc) is 3.42. The van der Waals surface area contributed by atoms with Crippen molar-refractivity contribution in [1.29, 1.82) is 0 Å². The first kappa shape index (κ1) is 22.8. The smallest absolute Gasteiger partial charge is 0.117 e. The predicted octanol–water partition coefficient (Wildman–Crippen LogP) is 8.48. The number of hydrogen-bond donors (Lipinski definition) is 2. The number of hydrogen-bond acceptors (Lipinski definition) is 2. The number of nitrogens with zero attached hydrogens (tertiary/aromatic N) is 1. The SMILES string of the molecule is CC.CC.Cc1ccc2c3ccc(C)cc3c3[nH]c(C4c5ccccc5NC4C)nc3c2c1. The third kappa shape index (κ3) is 3.76. The molecule has 4 aromatic carbocycles. The van der Waals surface area contributed by atoms with Crippen LogP contribution < -0.4 is 5.32 Å². The van der Waals surface area contributed by atoms with E-state index in [4.69, 9.17) is 4.98 Å². The van der Waals surface area contributed by atoms with Gasteiger partial charge >= 0.3 is 0 Å². The highest BCUT2D eigenvalue weighted by molar-refractivity contribution is 6.23. The van der Waals surface area contributed by atoms with Crippen molar-refractivity contribution in [3.8, 4) is 0 Å². The summed E-state index contributed by atoms with van der Waals surface area (Å²) < 4.78 is 0. The lowest BCUT2D eigenvalue weighted by Crippen LogP contribution is -2.17. The molecule has 5 aromatic rings. The van der Waals surface area contributed by atoms with E-state index in [-0.39, 0.29) is 5.92 Å². The van der Waals surface area contributed by atoms with Crippen molar-refractivity contribution in [2.24, 2.45) is 0 Å². The monoisotopic (exact) mass is 437 g/mol. The van der Waals surface area contributed by atoms with E-state index >= 15 is 0 Å². The van der Waals surface area contributed by atoms with E-state index in [1.807, 2.05) is 27.7 Å². The van der Waals surface area contributed by atoms with Crippen LogP contribution in [0.1, 0.15) is 63.1 Å². The van der Waals surface area contributed by atoms with Crippen LogP contribution in [0.25, 0.3) is 32.6 Å². The molecule has 2 heterocycles. The van der Waals surface area contributed by atoms with Gasteiger partial charge in [0.25, 0.3) is 0 Å². The number of benzene rings is 4. The third-order valence-corrected chi connectivity index (χ3v) is 6.36. The van der Waals surface area contributed by atoms with Crippen LogP contribution in [0.15, 0.2) is 60.7 Å². The summed E-state index contributed by atoms with van der Waals surface area (Å²) >= 11 is 0. The molecule has 1 aromatic heterocycles. The van der Waals surface area contributed by atoms with Crippen molar-refractivity contribution in [1.82, 2.24) is 9.97 Å². The van der Waals surface area contributed by atoms with Crippen LogP contribution in [0.3, 0.4) is 0 Å². The maximum Gasteiger partial charge on any atom is 0.117 e. The number of imidazole rings is 1. The first-order chi connectivity index (χ1) is 16.1. The first-order valence-electron chi connectivity index (χ1n) is 12.3. The Labute approximate surface area is 197 Å². The summed E-state index contributed by atoms with van der Waals surface area (Å²) in [6.07, 6.45) is 0. The van der Waals surface area contributed by atoms with Gasteiger partial charge in [0, 0.05) is 22.5 Å². The Hall–Kier alpha value is -3.33. The number of aryl methyl sites for hydroxylation is 2. The van der Waals surface area contributed by atoms with Gasteiger partial charge in [0.05, 0.1) is 17.0 Å². The Bertz CT molecular complexity index is 1350. The van der Waals surface area contributed by atoms with Crippen LogP contribution in [-0.4, -0.2) is 16.0 Å². The number of rotatable bonds is 1. The third-order valence-electron chi connectivity index (χ3n) is 6.36. The van der Waals surface area contributed by atoms with E-state index in [9.17, 15) is 0 Å². The summed E-state index contributed by atoms with van der Waals surface area (Å²) in [6, 6.07) is 22.3. The molecular weight excluding hydrogens is 402 g/mol. The lowest BCUT2D eigenvalue weighted by atomic mass is 9.95. The summed E-state index contributed by atoms with van der Waals surface area (Å²) in [4.78, 5) is 8.94. The molecule has 6 rings (SSSR count). The van der Waals surface area contributed by atoms with Crippen molar-refractivity contribution in [2.75, 3.05) is 5.32 Å². The van der Waals surface area contributed by atoms with E-state index in [1.165, 1.54) is 43.9 Å². The molecule has 0 saturated carbocycles. The van der Waals surface area contributed by atoms with E-state index < -0.39 is 0 Å². The summed E-state index contributed by atoms with van der Waals surface area (Å²) in [5.41, 5.74) is 7.28. The lowest BCUT2D eigenvalue weighted by molar-refractivity contribution is 0.692. The zero-order chi connectivity index (χ0) is 23.7. The second-order valence-corrected chi connectivity index (χ2v) is 8.44. The van der Waals surface area contributed by atoms with Crippen molar-refractivity contribution < 1.29 is 0 Å². The minimum Gasteiger partial charge on any atom is -0.381 e. The quantitative estimate of drug-likeness (QED) is 0.258. The highest BCUT2D eigenvalue weighted by Gasteiger charge is 2.32. The number of anilines is 1. The molecule has 0 radical (unpaired) electrons. The zero-order valence-corrected chi connectivity index (χ0v) is 20.9. The first-order valence-corrected chi connectivity index (χ1v) is 12.3. The Morgan fingerprint density at radius 3 is 2.03 bits per heavy atom. The zero-order valence-electron chi connectivity index (χ0n) is 20.9. The Morgan fingerprint density at radius 1 is 0.727 bits per heavy atom. The molecule has 0 aliphatic carbocycles. The molecule has 0 spiro atoms. The summed E-state index contributed by atoms with van der Waals surface area (Å²) in [6.45, 7) is 14.5. The van der Waals surface area contributed by atoms with Crippen LogP contribution in [0.5, 0.6) is 0 Å². The normalized spacial score (nSPS) is 16.6. The van der Waals surface area contributed by atoms with Gasteiger partial charge in [-0.3, -0.25) is 0 Å². The molecule has 170 valence electrons. The standard InChI is InChI=1S/C26H23N3.2C2H6/c1-14-8-10-17-18-11-9-15(2)13-21(18)25-24(20(17)12-14)28-26(29-25)23-16(3)27-22-7-5-4-6-19(22)23;2*1-2/h4-13,16,23,27H,1-3H3,(H,28,29);2*1-2H3. The van der Waals surface area contributed by atoms with Crippen LogP contribution >= 0.6 is 0 Å². The summed E-state index contributed by atoms with van der Waals surface area (Å²) in [7, 11) is 0. The number of fused-ring (bicyclic) bond motifs is 7.